The van der Waals surface area contributed by atoms with Crippen LogP contribution in [-0.4, -0.2) is 29.0 Å². The fourth-order valence-corrected chi connectivity index (χ4v) is 3.05. The third kappa shape index (κ3) is 2.76. The molecule has 3 rings (SSSR count). The molecular formula is C15H17N3O2S. The molecule has 1 aliphatic rings. The molecule has 0 radical (unpaired) electrons. The molecule has 21 heavy (non-hydrogen) atoms. The van der Waals surface area contributed by atoms with Gasteiger partial charge in [-0.25, -0.2) is 9.97 Å². The van der Waals surface area contributed by atoms with Crippen LogP contribution in [-0.2, 0) is 0 Å². The quantitative estimate of drug-likeness (QED) is 0.871. The Morgan fingerprint density at radius 1 is 1.29 bits per heavy atom. The summed E-state index contributed by atoms with van der Waals surface area (Å²) in [5.74, 6) is 0.287. The summed E-state index contributed by atoms with van der Waals surface area (Å²) in [6, 6.07) is 3.85. The Bertz CT molecular complexity index is 679. The molecule has 1 fully saturated rings. The summed E-state index contributed by atoms with van der Waals surface area (Å²) in [6.07, 6.45) is 2.04. The van der Waals surface area contributed by atoms with Gasteiger partial charge >= 0.3 is 0 Å². The average Bonchev–Trinajstić information content (AvgIpc) is 3.20. The lowest BCUT2D eigenvalue weighted by atomic mass is 10.2. The van der Waals surface area contributed by atoms with Crippen molar-refractivity contribution in [2.75, 3.05) is 12.0 Å². The van der Waals surface area contributed by atoms with Crippen molar-refractivity contribution in [2.45, 2.75) is 32.7 Å². The van der Waals surface area contributed by atoms with E-state index in [0.29, 0.717) is 11.4 Å². The van der Waals surface area contributed by atoms with Crippen molar-refractivity contribution in [3.05, 3.63) is 34.5 Å². The van der Waals surface area contributed by atoms with Crippen molar-refractivity contribution in [2.24, 2.45) is 0 Å². The summed E-state index contributed by atoms with van der Waals surface area (Å²) in [7, 11) is 1.54. The van der Waals surface area contributed by atoms with E-state index in [9.17, 15) is 4.79 Å². The van der Waals surface area contributed by atoms with E-state index >= 15 is 0 Å². The maximum atomic E-state index is 12.9. The second-order valence-corrected chi connectivity index (χ2v) is 6.02. The topological polar surface area (TPSA) is 55.3 Å². The maximum Gasteiger partial charge on any atom is 0.265 e. The molecule has 6 heteroatoms. The number of methoxy groups -OCH3 is 1. The van der Waals surface area contributed by atoms with Crippen LogP contribution in [0, 0.1) is 13.8 Å². The minimum atomic E-state index is -0.0869. The fraction of sp³-hybridized carbons (Fsp3) is 0.400. The van der Waals surface area contributed by atoms with E-state index < -0.39 is 0 Å². The predicted octanol–water partition coefficient (Wildman–Crippen LogP) is 2.97. The first kappa shape index (κ1) is 14.0. The van der Waals surface area contributed by atoms with E-state index in [2.05, 4.69) is 9.97 Å². The standard InChI is InChI=1S/C15H17N3O2S/c1-9-4-7-12(13(16-9)20-3)14(19)18(11-5-6-11)15-17-10(2)8-21-15/h4,7-8,11H,5-6H2,1-3H3. The minimum Gasteiger partial charge on any atom is -0.480 e. The number of aryl methyl sites for hydroxylation is 2. The van der Waals surface area contributed by atoms with Crippen LogP contribution in [0.2, 0.25) is 0 Å². The number of anilines is 1. The number of nitrogens with zero attached hydrogens (tertiary/aromatic N) is 3. The number of ether oxygens (including phenoxy) is 1. The summed E-state index contributed by atoms with van der Waals surface area (Å²) in [6.45, 7) is 3.81. The number of aromatic nitrogens is 2. The second-order valence-electron chi connectivity index (χ2n) is 5.19. The number of thiazole rings is 1. The molecule has 1 saturated carbocycles. The molecule has 0 atom stereocenters. The van der Waals surface area contributed by atoms with Gasteiger partial charge in [0.1, 0.15) is 5.56 Å². The lowest BCUT2D eigenvalue weighted by Crippen LogP contribution is -2.33. The van der Waals surface area contributed by atoms with E-state index in [4.69, 9.17) is 4.74 Å². The molecular weight excluding hydrogens is 286 g/mol. The third-order valence-electron chi connectivity index (χ3n) is 3.37. The van der Waals surface area contributed by atoms with Gasteiger partial charge in [-0.3, -0.25) is 9.69 Å². The smallest absolute Gasteiger partial charge is 0.265 e. The van der Waals surface area contributed by atoms with Crippen molar-refractivity contribution in [3.8, 4) is 5.88 Å². The van der Waals surface area contributed by atoms with Crippen molar-refractivity contribution in [3.63, 3.8) is 0 Å². The Morgan fingerprint density at radius 2 is 2.05 bits per heavy atom. The van der Waals surface area contributed by atoms with Gasteiger partial charge in [0, 0.05) is 17.1 Å². The SMILES string of the molecule is COc1nc(C)ccc1C(=O)N(c1nc(C)cs1)C1CC1. The van der Waals surface area contributed by atoms with E-state index in [1.807, 2.05) is 25.3 Å². The van der Waals surface area contributed by atoms with Crippen molar-refractivity contribution >= 4 is 22.4 Å². The van der Waals surface area contributed by atoms with Crippen LogP contribution in [0.3, 0.4) is 0 Å². The minimum absolute atomic E-state index is 0.0869. The first-order chi connectivity index (χ1) is 10.1. The summed E-state index contributed by atoms with van der Waals surface area (Å²) in [4.78, 5) is 23.4. The van der Waals surface area contributed by atoms with Crippen LogP contribution >= 0.6 is 11.3 Å². The van der Waals surface area contributed by atoms with Crippen LogP contribution < -0.4 is 9.64 Å². The maximum absolute atomic E-state index is 12.9. The highest BCUT2D eigenvalue weighted by molar-refractivity contribution is 7.14. The number of amides is 1. The van der Waals surface area contributed by atoms with E-state index in [-0.39, 0.29) is 11.9 Å². The molecule has 0 saturated heterocycles. The Labute approximate surface area is 127 Å². The zero-order valence-corrected chi connectivity index (χ0v) is 13.1. The van der Waals surface area contributed by atoms with Gasteiger partial charge in [0.05, 0.1) is 12.8 Å². The van der Waals surface area contributed by atoms with Gasteiger partial charge in [0.25, 0.3) is 5.91 Å². The summed E-state index contributed by atoms with van der Waals surface area (Å²) < 4.78 is 5.26. The summed E-state index contributed by atoms with van der Waals surface area (Å²) in [5.41, 5.74) is 2.25. The molecule has 0 spiro atoms. The van der Waals surface area contributed by atoms with Crippen molar-refractivity contribution in [1.29, 1.82) is 0 Å². The van der Waals surface area contributed by atoms with Gasteiger partial charge in [-0.1, -0.05) is 0 Å². The predicted molar refractivity (Wildman–Crippen MR) is 82.2 cm³/mol. The Balaban J connectivity index is 1.98. The van der Waals surface area contributed by atoms with Gasteiger partial charge in [-0.05, 0) is 38.8 Å². The summed E-state index contributed by atoms with van der Waals surface area (Å²) in [5, 5.41) is 2.71. The molecule has 0 aliphatic heterocycles. The molecule has 0 unspecified atom stereocenters. The van der Waals surface area contributed by atoms with E-state index in [1.54, 1.807) is 11.0 Å². The highest BCUT2D eigenvalue weighted by Crippen LogP contribution is 2.35. The normalized spacial score (nSPS) is 14.0. The Hall–Kier alpha value is -1.95. The molecule has 110 valence electrons. The fourth-order valence-electron chi connectivity index (χ4n) is 2.17. The highest BCUT2D eigenvalue weighted by Gasteiger charge is 2.37. The first-order valence-corrected chi connectivity index (χ1v) is 7.75. The van der Waals surface area contributed by atoms with Crippen LogP contribution in [0.1, 0.15) is 34.6 Å². The summed E-state index contributed by atoms with van der Waals surface area (Å²) >= 11 is 1.50. The zero-order chi connectivity index (χ0) is 15.0. The molecule has 2 heterocycles. The number of rotatable bonds is 4. The molecule has 0 N–H and O–H groups in total. The second kappa shape index (κ2) is 5.44. The number of pyridine rings is 1. The van der Waals surface area contributed by atoms with Crippen molar-refractivity contribution in [1.82, 2.24) is 9.97 Å². The highest BCUT2D eigenvalue weighted by atomic mass is 32.1. The van der Waals surface area contributed by atoms with Gasteiger partial charge < -0.3 is 4.74 Å². The molecule has 2 aromatic rings. The van der Waals surface area contributed by atoms with Gasteiger partial charge in [-0.15, -0.1) is 11.3 Å². The monoisotopic (exact) mass is 303 g/mol. The Kier molecular flexibility index (Phi) is 3.63. The van der Waals surface area contributed by atoms with Gasteiger partial charge in [0.15, 0.2) is 5.13 Å². The van der Waals surface area contributed by atoms with Crippen molar-refractivity contribution < 1.29 is 9.53 Å². The van der Waals surface area contributed by atoms with Crippen LogP contribution in [0.5, 0.6) is 5.88 Å². The number of hydrogen-bond acceptors (Lipinski definition) is 5. The zero-order valence-electron chi connectivity index (χ0n) is 12.3. The molecule has 0 bridgehead atoms. The van der Waals surface area contributed by atoms with Crippen LogP contribution in [0.15, 0.2) is 17.5 Å². The number of carbonyl (C=O) groups is 1. The molecule has 1 aliphatic carbocycles. The van der Waals surface area contributed by atoms with E-state index in [0.717, 1.165) is 29.4 Å². The lowest BCUT2D eigenvalue weighted by molar-refractivity contribution is 0.0981. The van der Waals surface area contributed by atoms with Crippen LogP contribution in [0.4, 0.5) is 5.13 Å². The van der Waals surface area contributed by atoms with Gasteiger partial charge in [-0.2, -0.15) is 0 Å². The number of carbonyl (C=O) groups excluding carboxylic acids is 1. The first-order valence-electron chi connectivity index (χ1n) is 6.87. The molecule has 5 nitrogen and oxygen atoms in total. The van der Waals surface area contributed by atoms with Crippen LogP contribution in [0.25, 0.3) is 0 Å². The third-order valence-corrected chi connectivity index (χ3v) is 4.32. The lowest BCUT2D eigenvalue weighted by Gasteiger charge is -2.20. The molecule has 1 amide bonds. The molecule has 0 aromatic carbocycles. The van der Waals surface area contributed by atoms with E-state index in [1.165, 1.54) is 18.4 Å². The average molecular weight is 303 g/mol. The molecule has 2 aromatic heterocycles. The Morgan fingerprint density at radius 3 is 2.62 bits per heavy atom. The number of hydrogen-bond donors (Lipinski definition) is 0. The largest absolute Gasteiger partial charge is 0.480 e. The van der Waals surface area contributed by atoms with Gasteiger partial charge in [0.2, 0.25) is 5.88 Å².